The Morgan fingerprint density at radius 2 is 1.90 bits per heavy atom. The van der Waals surface area contributed by atoms with Crippen LogP contribution in [0.1, 0.15) is 11.1 Å². The van der Waals surface area contributed by atoms with E-state index in [0.29, 0.717) is 18.8 Å². The van der Waals surface area contributed by atoms with E-state index in [1.165, 1.54) is 5.56 Å². The second-order valence-corrected chi connectivity index (χ2v) is 4.85. The van der Waals surface area contributed by atoms with E-state index in [0.717, 1.165) is 30.2 Å². The Hall–Kier alpha value is -2.67. The van der Waals surface area contributed by atoms with Gasteiger partial charge in [-0.05, 0) is 42.3 Å². The van der Waals surface area contributed by atoms with Crippen LogP contribution in [-0.2, 0) is 6.42 Å². The quantitative estimate of drug-likeness (QED) is 0.935. The molecule has 0 spiro atoms. The molecule has 0 unspecified atom stereocenters. The zero-order valence-corrected chi connectivity index (χ0v) is 11.6. The van der Waals surface area contributed by atoms with Crippen LogP contribution in [-0.4, -0.2) is 19.8 Å². The minimum atomic E-state index is 0.607. The minimum absolute atomic E-state index is 0.607. The molecule has 3 rings (SSSR count). The first kappa shape index (κ1) is 13.3. The Balaban J connectivity index is 1.59. The van der Waals surface area contributed by atoms with Crippen molar-refractivity contribution < 1.29 is 9.47 Å². The van der Waals surface area contributed by atoms with Gasteiger partial charge in [-0.25, -0.2) is 0 Å². The summed E-state index contributed by atoms with van der Waals surface area (Å²) >= 11 is 0. The number of nitrogens with zero attached hydrogens (tertiary/aromatic N) is 1. The normalized spacial score (nSPS) is 12.5. The molecule has 1 aliphatic heterocycles. The SMILES string of the molecule is N#Cc1cccc(NCCc2ccc3c(c2)OCCO3)c1. The summed E-state index contributed by atoms with van der Waals surface area (Å²) in [6, 6.07) is 15.7. The van der Waals surface area contributed by atoms with Gasteiger partial charge in [-0.2, -0.15) is 5.26 Å². The first-order valence-corrected chi connectivity index (χ1v) is 6.98. The number of nitriles is 1. The lowest BCUT2D eigenvalue weighted by atomic mass is 10.1. The van der Waals surface area contributed by atoms with Crippen molar-refractivity contribution in [3.63, 3.8) is 0 Å². The molecule has 0 aromatic heterocycles. The molecule has 2 aromatic rings. The number of fused-ring (bicyclic) bond motifs is 1. The lowest BCUT2D eigenvalue weighted by molar-refractivity contribution is 0.171. The van der Waals surface area contributed by atoms with Crippen molar-refractivity contribution >= 4 is 5.69 Å². The topological polar surface area (TPSA) is 54.3 Å². The number of hydrogen-bond donors (Lipinski definition) is 1. The summed E-state index contributed by atoms with van der Waals surface area (Å²) in [6.07, 6.45) is 0.882. The highest BCUT2D eigenvalue weighted by Gasteiger charge is 2.11. The summed E-state index contributed by atoms with van der Waals surface area (Å²) in [4.78, 5) is 0. The van der Waals surface area contributed by atoms with Gasteiger partial charge in [0.15, 0.2) is 11.5 Å². The molecule has 2 aromatic carbocycles. The number of ether oxygens (including phenoxy) is 2. The predicted octanol–water partition coefficient (Wildman–Crippen LogP) is 2.98. The van der Waals surface area contributed by atoms with E-state index in [-0.39, 0.29) is 0 Å². The standard InChI is InChI=1S/C17H16N2O2/c18-12-14-2-1-3-15(10-14)19-7-6-13-4-5-16-17(11-13)21-9-8-20-16/h1-5,10-11,19H,6-9H2. The second kappa shape index (κ2) is 6.19. The van der Waals surface area contributed by atoms with Gasteiger partial charge in [0.1, 0.15) is 13.2 Å². The molecule has 106 valence electrons. The lowest BCUT2D eigenvalue weighted by Gasteiger charge is -2.19. The molecule has 0 saturated heterocycles. The number of hydrogen-bond acceptors (Lipinski definition) is 4. The first-order chi connectivity index (χ1) is 10.3. The van der Waals surface area contributed by atoms with Crippen molar-refractivity contribution in [2.24, 2.45) is 0 Å². The van der Waals surface area contributed by atoms with Crippen LogP contribution in [0.5, 0.6) is 11.5 Å². The van der Waals surface area contributed by atoms with Crippen LogP contribution in [0.3, 0.4) is 0 Å². The summed E-state index contributed by atoms with van der Waals surface area (Å²) in [5.74, 6) is 1.64. The maximum atomic E-state index is 8.87. The van der Waals surface area contributed by atoms with Crippen LogP contribution in [0.15, 0.2) is 42.5 Å². The maximum Gasteiger partial charge on any atom is 0.161 e. The van der Waals surface area contributed by atoms with Crippen LogP contribution < -0.4 is 14.8 Å². The third kappa shape index (κ3) is 3.26. The average Bonchev–Trinajstić information content (AvgIpc) is 2.55. The molecule has 0 fully saturated rings. The highest BCUT2D eigenvalue weighted by atomic mass is 16.6. The molecule has 1 aliphatic rings. The zero-order chi connectivity index (χ0) is 14.5. The van der Waals surface area contributed by atoms with E-state index < -0.39 is 0 Å². The molecule has 4 heteroatoms. The van der Waals surface area contributed by atoms with Crippen LogP contribution in [0, 0.1) is 11.3 Å². The molecule has 1 heterocycles. The van der Waals surface area contributed by atoms with Crippen molar-refractivity contribution in [2.75, 3.05) is 25.1 Å². The summed E-state index contributed by atoms with van der Waals surface area (Å²) in [5.41, 5.74) is 2.83. The van der Waals surface area contributed by atoms with Crippen molar-refractivity contribution in [1.82, 2.24) is 0 Å². The second-order valence-electron chi connectivity index (χ2n) is 4.85. The van der Waals surface area contributed by atoms with Gasteiger partial charge in [0.25, 0.3) is 0 Å². The molecular weight excluding hydrogens is 264 g/mol. The van der Waals surface area contributed by atoms with E-state index >= 15 is 0 Å². The molecule has 0 radical (unpaired) electrons. The number of benzene rings is 2. The molecule has 0 amide bonds. The van der Waals surface area contributed by atoms with E-state index in [1.54, 1.807) is 6.07 Å². The Morgan fingerprint density at radius 1 is 1.05 bits per heavy atom. The Kier molecular flexibility index (Phi) is 3.92. The van der Waals surface area contributed by atoms with Crippen molar-refractivity contribution in [2.45, 2.75) is 6.42 Å². The van der Waals surface area contributed by atoms with Gasteiger partial charge in [-0.3, -0.25) is 0 Å². The fraction of sp³-hybridized carbons (Fsp3) is 0.235. The third-order valence-electron chi connectivity index (χ3n) is 3.34. The van der Waals surface area contributed by atoms with E-state index in [9.17, 15) is 0 Å². The number of anilines is 1. The summed E-state index contributed by atoms with van der Waals surface area (Å²) in [7, 11) is 0. The minimum Gasteiger partial charge on any atom is -0.486 e. The molecule has 0 saturated carbocycles. The fourth-order valence-electron chi connectivity index (χ4n) is 2.29. The molecule has 0 aliphatic carbocycles. The Morgan fingerprint density at radius 3 is 2.76 bits per heavy atom. The smallest absolute Gasteiger partial charge is 0.161 e. The van der Waals surface area contributed by atoms with Gasteiger partial charge in [0.2, 0.25) is 0 Å². The summed E-state index contributed by atoms with van der Waals surface area (Å²) in [6.45, 7) is 2.02. The molecule has 0 atom stereocenters. The largest absolute Gasteiger partial charge is 0.486 e. The molecular formula is C17H16N2O2. The molecule has 1 N–H and O–H groups in total. The first-order valence-electron chi connectivity index (χ1n) is 6.98. The van der Waals surface area contributed by atoms with E-state index in [4.69, 9.17) is 14.7 Å². The summed E-state index contributed by atoms with van der Waals surface area (Å²) < 4.78 is 11.1. The molecule has 21 heavy (non-hydrogen) atoms. The van der Waals surface area contributed by atoms with Crippen LogP contribution in [0.2, 0.25) is 0 Å². The van der Waals surface area contributed by atoms with Crippen LogP contribution in [0.25, 0.3) is 0 Å². The molecule has 4 nitrogen and oxygen atoms in total. The van der Waals surface area contributed by atoms with Gasteiger partial charge < -0.3 is 14.8 Å². The van der Waals surface area contributed by atoms with Gasteiger partial charge >= 0.3 is 0 Å². The van der Waals surface area contributed by atoms with E-state index in [2.05, 4.69) is 17.5 Å². The monoisotopic (exact) mass is 280 g/mol. The van der Waals surface area contributed by atoms with Crippen LogP contribution >= 0.6 is 0 Å². The highest BCUT2D eigenvalue weighted by molar-refractivity contribution is 5.49. The lowest BCUT2D eigenvalue weighted by Crippen LogP contribution is -2.15. The number of nitrogens with one attached hydrogen (secondary N) is 1. The average molecular weight is 280 g/mol. The number of rotatable bonds is 4. The fourth-order valence-corrected chi connectivity index (χ4v) is 2.29. The van der Waals surface area contributed by atoms with Crippen molar-refractivity contribution in [3.8, 4) is 17.6 Å². The van der Waals surface area contributed by atoms with Gasteiger partial charge in [0, 0.05) is 12.2 Å². The third-order valence-corrected chi connectivity index (χ3v) is 3.34. The van der Waals surface area contributed by atoms with Crippen molar-refractivity contribution in [1.29, 1.82) is 5.26 Å². The van der Waals surface area contributed by atoms with E-state index in [1.807, 2.05) is 30.3 Å². The highest BCUT2D eigenvalue weighted by Crippen LogP contribution is 2.30. The molecule has 0 bridgehead atoms. The van der Waals surface area contributed by atoms with Crippen LogP contribution in [0.4, 0.5) is 5.69 Å². The zero-order valence-electron chi connectivity index (χ0n) is 11.6. The maximum absolute atomic E-state index is 8.87. The van der Waals surface area contributed by atoms with Crippen molar-refractivity contribution in [3.05, 3.63) is 53.6 Å². The Bertz CT molecular complexity index is 677. The summed E-state index contributed by atoms with van der Waals surface area (Å²) in [5, 5.41) is 12.2. The van der Waals surface area contributed by atoms with Gasteiger partial charge in [-0.1, -0.05) is 12.1 Å². The predicted molar refractivity (Wildman–Crippen MR) is 80.8 cm³/mol. The van der Waals surface area contributed by atoms with Gasteiger partial charge in [0.05, 0.1) is 11.6 Å². The Labute approximate surface area is 123 Å². The van der Waals surface area contributed by atoms with Gasteiger partial charge in [-0.15, -0.1) is 0 Å².